The number of rotatable bonds is 6. The number of benzene rings is 1. The molecule has 1 aromatic heterocycles. The van der Waals surface area contributed by atoms with Gasteiger partial charge in [-0.05, 0) is 31.9 Å². The van der Waals surface area contributed by atoms with Crippen molar-refractivity contribution in [2.24, 2.45) is 0 Å². The highest BCUT2D eigenvalue weighted by molar-refractivity contribution is 5.97. The normalized spacial score (nSPS) is 10.6. The van der Waals surface area contributed by atoms with Gasteiger partial charge in [-0.25, -0.2) is 0 Å². The number of carbonyl (C=O) groups excluding carboxylic acids is 1. The Morgan fingerprint density at radius 1 is 1.17 bits per heavy atom. The van der Waals surface area contributed by atoms with Crippen molar-refractivity contribution in [1.82, 2.24) is 4.90 Å². The van der Waals surface area contributed by atoms with Gasteiger partial charge in [-0.3, -0.25) is 9.59 Å². The third-order valence-corrected chi connectivity index (χ3v) is 3.87. The molecule has 1 aromatic carbocycles. The first-order chi connectivity index (χ1) is 10.9. The Balaban J connectivity index is 2.29. The Hall–Kier alpha value is -2.56. The molecule has 0 saturated carbocycles. The molecule has 0 saturated heterocycles. The second kappa shape index (κ2) is 7.13. The summed E-state index contributed by atoms with van der Waals surface area (Å²) in [6.45, 7) is 6.68. The second-order valence-corrected chi connectivity index (χ2v) is 5.53. The molecule has 2 rings (SSSR count). The van der Waals surface area contributed by atoms with E-state index >= 15 is 0 Å². The van der Waals surface area contributed by atoms with Crippen molar-refractivity contribution in [3.63, 3.8) is 0 Å². The summed E-state index contributed by atoms with van der Waals surface area (Å²) in [5, 5.41) is 8.96. The van der Waals surface area contributed by atoms with Crippen LogP contribution in [0, 0.1) is 13.8 Å². The van der Waals surface area contributed by atoms with E-state index in [4.69, 9.17) is 9.52 Å². The zero-order chi connectivity index (χ0) is 17.0. The van der Waals surface area contributed by atoms with Gasteiger partial charge in [0.2, 0.25) is 0 Å². The van der Waals surface area contributed by atoms with Crippen LogP contribution in [0.25, 0.3) is 0 Å². The van der Waals surface area contributed by atoms with E-state index in [2.05, 4.69) is 0 Å². The molecule has 0 bridgehead atoms. The zero-order valence-corrected chi connectivity index (χ0v) is 13.6. The van der Waals surface area contributed by atoms with Crippen LogP contribution in [0.5, 0.6) is 0 Å². The van der Waals surface area contributed by atoms with Crippen molar-refractivity contribution in [2.75, 3.05) is 6.54 Å². The van der Waals surface area contributed by atoms with Gasteiger partial charge < -0.3 is 14.4 Å². The minimum atomic E-state index is -1.02. The lowest BCUT2D eigenvalue weighted by Gasteiger charge is -2.22. The van der Waals surface area contributed by atoms with Crippen molar-refractivity contribution in [1.29, 1.82) is 0 Å². The third kappa shape index (κ3) is 3.80. The van der Waals surface area contributed by atoms with Crippen LogP contribution in [0.2, 0.25) is 0 Å². The fourth-order valence-corrected chi connectivity index (χ4v) is 2.53. The number of aryl methyl sites for hydroxylation is 2. The molecule has 122 valence electrons. The molecule has 0 atom stereocenters. The Bertz CT molecular complexity index is 718. The van der Waals surface area contributed by atoms with Gasteiger partial charge in [0.15, 0.2) is 0 Å². The summed E-state index contributed by atoms with van der Waals surface area (Å²) >= 11 is 0. The predicted molar refractivity (Wildman–Crippen MR) is 86.4 cm³/mol. The average Bonchev–Trinajstić information content (AvgIpc) is 2.85. The first-order valence-electron chi connectivity index (χ1n) is 7.56. The lowest BCUT2D eigenvalue weighted by molar-refractivity contribution is -0.136. The van der Waals surface area contributed by atoms with Crippen LogP contribution in [0.4, 0.5) is 0 Å². The number of amides is 1. The lowest BCUT2D eigenvalue weighted by Crippen LogP contribution is -2.31. The summed E-state index contributed by atoms with van der Waals surface area (Å²) in [6, 6.07) is 7.90. The molecular weight excluding hydrogens is 294 g/mol. The van der Waals surface area contributed by atoms with Crippen LogP contribution in [0.3, 0.4) is 0 Å². The number of carboxylic acid groups (broad SMARTS) is 1. The molecule has 0 aliphatic heterocycles. The molecule has 1 N–H and O–H groups in total. The second-order valence-electron chi connectivity index (χ2n) is 5.53. The molecule has 1 amide bonds. The largest absolute Gasteiger partial charge is 0.481 e. The molecule has 0 unspecified atom stereocenters. The number of hydrogen-bond donors (Lipinski definition) is 1. The topological polar surface area (TPSA) is 70.8 Å². The Morgan fingerprint density at radius 2 is 1.87 bits per heavy atom. The molecule has 0 spiro atoms. The highest BCUT2D eigenvalue weighted by Crippen LogP contribution is 2.21. The Morgan fingerprint density at radius 3 is 2.48 bits per heavy atom. The molecule has 5 heteroatoms. The Kier molecular flexibility index (Phi) is 5.21. The van der Waals surface area contributed by atoms with E-state index < -0.39 is 5.97 Å². The van der Waals surface area contributed by atoms with Crippen LogP contribution in [-0.4, -0.2) is 28.4 Å². The zero-order valence-electron chi connectivity index (χ0n) is 13.6. The first kappa shape index (κ1) is 16.8. The van der Waals surface area contributed by atoms with Gasteiger partial charge >= 0.3 is 5.97 Å². The van der Waals surface area contributed by atoms with Crippen LogP contribution in [-0.2, 0) is 17.8 Å². The number of nitrogens with zero attached hydrogens (tertiary/aromatic N) is 1. The van der Waals surface area contributed by atoms with Crippen molar-refractivity contribution < 1.29 is 19.1 Å². The molecular formula is C18H21NO4. The number of carboxylic acids is 1. The van der Waals surface area contributed by atoms with Crippen molar-refractivity contribution in [3.8, 4) is 0 Å². The van der Waals surface area contributed by atoms with Gasteiger partial charge in [0, 0.05) is 18.7 Å². The van der Waals surface area contributed by atoms with Crippen LogP contribution in [0.15, 0.2) is 34.9 Å². The summed E-state index contributed by atoms with van der Waals surface area (Å²) in [5.41, 5.74) is 3.22. The van der Waals surface area contributed by atoms with Gasteiger partial charge in [-0.1, -0.05) is 24.3 Å². The van der Waals surface area contributed by atoms with E-state index in [0.717, 1.165) is 11.1 Å². The summed E-state index contributed by atoms with van der Waals surface area (Å²) in [7, 11) is 0. The molecule has 5 nitrogen and oxygen atoms in total. The fourth-order valence-electron chi connectivity index (χ4n) is 2.53. The molecule has 23 heavy (non-hydrogen) atoms. The van der Waals surface area contributed by atoms with E-state index in [-0.39, 0.29) is 18.1 Å². The summed E-state index contributed by atoms with van der Waals surface area (Å²) in [6.07, 6.45) is 1.14. The lowest BCUT2D eigenvalue weighted by atomic mass is 10.1. The van der Waals surface area contributed by atoms with Crippen LogP contribution >= 0.6 is 0 Å². The monoisotopic (exact) mass is 315 g/mol. The van der Waals surface area contributed by atoms with Crippen LogP contribution < -0.4 is 0 Å². The van der Waals surface area contributed by atoms with Gasteiger partial charge in [0.05, 0.1) is 11.8 Å². The fraction of sp³-hybridized carbons (Fsp3) is 0.333. The van der Waals surface area contributed by atoms with Gasteiger partial charge in [0.25, 0.3) is 5.91 Å². The van der Waals surface area contributed by atoms with E-state index in [1.165, 1.54) is 6.26 Å². The number of hydrogen-bond acceptors (Lipinski definition) is 3. The first-order valence-corrected chi connectivity index (χ1v) is 7.56. The maximum absolute atomic E-state index is 12.8. The van der Waals surface area contributed by atoms with Gasteiger partial charge in [-0.2, -0.15) is 0 Å². The summed E-state index contributed by atoms with van der Waals surface area (Å²) in [5.74, 6) is -1.00. The number of aliphatic carboxylic acids is 1. The summed E-state index contributed by atoms with van der Waals surface area (Å²) in [4.78, 5) is 25.5. The quantitative estimate of drug-likeness (QED) is 0.888. The van der Waals surface area contributed by atoms with Crippen LogP contribution in [0.1, 0.15) is 39.7 Å². The average molecular weight is 315 g/mol. The van der Waals surface area contributed by atoms with E-state index in [1.54, 1.807) is 11.8 Å². The maximum Gasteiger partial charge on any atom is 0.311 e. The molecule has 2 aromatic rings. The highest BCUT2D eigenvalue weighted by Gasteiger charge is 2.24. The van der Waals surface area contributed by atoms with E-state index in [0.29, 0.717) is 24.2 Å². The third-order valence-electron chi connectivity index (χ3n) is 3.87. The smallest absolute Gasteiger partial charge is 0.311 e. The maximum atomic E-state index is 12.8. The van der Waals surface area contributed by atoms with Gasteiger partial charge in [0.1, 0.15) is 12.2 Å². The minimum absolute atomic E-state index is 0.196. The highest BCUT2D eigenvalue weighted by atomic mass is 16.4. The predicted octanol–water partition coefficient (Wildman–Crippen LogP) is 3.19. The number of furan rings is 1. The van der Waals surface area contributed by atoms with Crippen molar-refractivity contribution in [3.05, 3.63) is 58.5 Å². The van der Waals surface area contributed by atoms with E-state index in [9.17, 15) is 9.59 Å². The van der Waals surface area contributed by atoms with E-state index in [1.807, 2.05) is 38.1 Å². The minimum Gasteiger partial charge on any atom is -0.481 e. The molecule has 0 aliphatic carbocycles. The standard InChI is InChI=1S/C18H21NO4/c1-4-19(10-14-8-6-5-7-12(14)2)18(22)17-13(3)11-23-15(17)9-16(20)21/h5-8,11H,4,9-10H2,1-3H3,(H,20,21). The number of carbonyl (C=O) groups is 2. The SMILES string of the molecule is CCN(Cc1ccccc1C)C(=O)c1c(C)coc1CC(=O)O. The molecule has 0 aliphatic rings. The van der Waals surface area contributed by atoms with Crippen molar-refractivity contribution >= 4 is 11.9 Å². The molecule has 1 heterocycles. The van der Waals surface area contributed by atoms with Gasteiger partial charge in [-0.15, -0.1) is 0 Å². The summed E-state index contributed by atoms with van der Waals surface area (Å²) < 4.78 is 5.27. The Labute approximate surface area is 135 Å². The van der Waals surface area contributed by atoms with Crippen molar-refractivity contribution in [2.45, 2.75) is 33.7 Å². The molecule has 0 fully saturated rings. The molecule has 0 radical (unpaired) electrons.